The smallest absolute Gasteiger partial charge is 0.272 e. The SMILES string of the molecule is CNC(=O)c1cc(Cl)cc(C)c1NC(=O)c1ccc(Br)n1-c1ncccn1. The van der Waals surface area contributed by atoms with Gasteiger partial charge in [0.15, 0.2) is 0 Å². The number of benzene rings is 1. The number of carbonyl (C=O) groups excluding carboxylic acids is 2. The minimum atomic E-state index is -0.413. The summed E-state index contributed by atoms with van der Waals surface area (Å²) in [6, 6.07) is 8.24. The molecule has 0 aliphatic rings. The van der Waals surface area contributed by atoms with Gasteiger partial charge in [-0.15, -0.1) is 0 Å². The predicted octanol–water partition coefficient (Wildman–Crippen LogP) is 3.60. The Balaban J connectivity index is 2.02. The van der Waals surface area contributed by atoms with Gasteiger partial charge in [-0.3, -0.25) is 14.2 Å². The molecule has 0 radical (unpaired) electrons. The third-order valence-electron chi connectivity index (χ3n) is 3.83. The zero-order valence-electron chi connectivity index (χ0n) is 14.5. The van der Waals surface area contributed by atoms with Crippen molar-refractivity contribution in [2.24, 2.45) is 0 Å². The summed E-state index contributed by atoms with van der Waals surface area (Å²) in [5.74, 6) is -0.415. The third-order valence-corrected chi connectivity index (χ3v) is 4.67. The zero-order valence-corrected chi connectivity index (χ0v) is 16.8. The minimum absolute atomic E-state index is 0.281. The summed E-state index contributed by atoms with van der Waals surface area (Å²) in [6.45, 7) is 1.77. The molecule has 3 aromatic rings. The number of hydrogen-bond acceptors (Lipinski definition) is 4. The van der Waals surface area contributed by atoms with Gasteiger partial charge in [0.1, 0.15) is 5.69 Å². The molecule has 0 aliphatic heterocycles. The van der Waals surface area contributed by atoms with Gasteiger partial charge in [-0.1, -0.05) is 11.6 Å². The number of nitrogens with one attached hydrogen (secondary N) is 2. The van der Waals surface area contributed by atoms with E-state index in [2.05, 4.69) is 36.5 Å². The molecule has 2 aromatic heterocycles. The van der Waals surface area contributed by atoms with E-state index in [0.29, 0.717) is 32.5 Å². The number of rotatable bonds is 4. The molecule has 1 aromatic carbocycles. The maximum atomic E-state index is 12.9. The number of anilines is 1. The number of nitrogens with zero attached hydrogens (tertiary/aromatic N) is 3. The molecule has 0 bridgehead atoms. The number of carbonyl (C=O) groups is 2. The molecule has 7 nitrogen and oxygen atoms in total. The average molecular weight is 449 g/mol. The molecule has 2 heterocycles. The van der Waals surface area contributed by atoms with E-state index in [9.17, 15) is 9.59 Å². The second-order valence-corrected chi connectivity index (χ2v) is 6.85. The highest BCUT2D eigenvalue weighted by atomic mass is 79.9. The van der Waals surface area contributed by atoms with E-state index < -0.39 is 5.91 Å². The number of halogens is 2. The van der Waals surface area contributed by atoms with Crippen LogP contribution >= 0.6 is 27.5 Å². The predicted molar refractivity (Wildman–Crippen MR) is 107 cm³/mol. The van der Waals surface area contributed by atoms with Crippen molar-refractivity contribution in [2.45, 2.75) is 6.92 Å². The van der Waals surface area contributed by atoms with Gasteiger partial charge < -0.3 is 10.6 Å². The van der Waals surface area contributed by atoms with Gasteiger partial charge in [0.2, 0.25) is 5.95 Å². The zero-order chi connectivity index (χ0) is 19.6. The van der Waals surface area contributed by atoms with Crippen molar-refractivity contribution < 1.29 is 9.59 Å². The molecular weight excluding hydrogens is 434 g/mol. The molecule has 0 spiro atoms. The molecule has 0 aliphatic carbocycles. The van der Waals surface area contributed by atoms with Crippen LogP contribution in [0.4, 0.5) is 5.69 Å². The quantitative estimate of drug-likeness (QED) is 0.638. The fourth-order valence-electron chi connectivity index (χ4n) is 2.60. The largest absolute Gasteiger partial charge is 0.355 e. The second-order valence-electron chi connectivity index (χ2n) is 5.60. The molecule has 0 saturated heterocycles. The van der Waals surface area contributed by atoms with Crippen LogP contribution in [-0.2, 0) is 0 Å². The number of aromatic nitrogens is 3. The highest BCUT2D eigenvalue weighted by Gasteiger charge is 2.21. The summed E-state index contributed by atoms with van der Waals surface area (Å²) in [5.41, 5.74) is 1.65. The van der Waals surface area contributed by atoms with Crippen LogP contribution in [0.3, 0.4) is 0 Å². The Morgan fingerprint density at radius 3 is 2.52 bits per heavy atom. The van der Waals surface area contributed by atoms with Crippen LogP contribution in [0.2, 0.25) is 5.02 Å². The molecule has 0 fully saturated rings. The molecular formula is C18H15BrClN5O2. The molecule has 3 rings (SSSR count). The van der Waals surface area contributed by atoms with Crippen LogP contribution in [0, 0.1) is 6.92 Å². The Morgan fingerprint density at radius 1 is 1.15 bits per heavy atom. The van der Waals surface area contributed by atoms with Crippen molar-refractivity contribution in [3.63, 3.8) is 0 Å². The lowest BCUT2D eigenvalue weighted by atomic mass is 10.1. The normalized spacial score (nSPS) is 10.5. The number of aryl methyl sites for hydroxylation is 1. The van der Waals surface area contributed by atoms with Gasteiger partial charge in [0.25, 0.3) is 11.8 Å². The number of amides is 2. The van der Waals surface area contributed by atoms with Crippen LogP contribution < -0.4 is 10.6 Å². The van der Waals surface area contributed by atoms with Gasteiger partial charge in [0, 0.05) is 24.5 Å². The highest BCUT2D eigenvalue weighted by Crippen LogP contribution is 2.27. The van der Waals surface area contributed by atoms with Crippen LogP contribution in [0.15, 0.2) is 47.3 Å². The molecule has 2 amide bonds. The lowest BCUT2D eigenvalue weighted by molar-refractivity contribution is 0.0964. The molecule has 9 heteroatoms. The first-order valence-corrected chi connectivity index (χ1v) is 9.07. The number of hydrogen-bond donors (Lipinski definition) is 2. The Morgan fingerprint density at radius 2 is 1.85 bits per heavy atom. The Kier molecular flexibility index (Phi) is 5.57. The summed E-state index contributed by atoms with van der Waals surface area (Å²) in [4.78, 5) is 33.5. The van der Waals surface area contributed by atoms with Crippen molar-refractivity contribution in [3.8, 4) is 5.95 Å². The average Bonchev–Trinajstić information content (AvgIpc) is 3.05. The molecule has 27 heavy (non-hydrogen) atoms. The van der Waals surface area contributed by atoms with Gasteiger partial charge in [-0.2, -0.15) is 0 Å². The summed E-state index contributed by atoms with van der Waals surface area (Å²) in [6.07, 6.45) is 3.17. The van der Waals surface area contributed by atoms with Crippen LogP contribution in [0.25, 0.3) is 5.95 Å². The third kappa shape index (κ3) is 3.86. The van der Waals surface area contributed by atoms with E-state index in [1.165, 1.54) is 13.1 Å². The van der Waals surface area contributed by atoms with E-state index in [1.807, 2.05) is 0 Å². The van der Waals surface area contributed by atoms with Crippen LogP contribution in [0.5, 0.6) is 0 Å². The molecule has 0 atom stereocenters. The summed E-state index contributed by atoms with van der Waals surface area (Å²) in [5, 5.41) is 5.76. The summed E-state index contributed by atoms with van der Waals surface area (Å²) >= 11 is 9.47. The maximum absolute atomic E-state index is 12.9. The van der Waals surface area contributed by atoms with E-state index in [1.54, 1.807) is 48.1 Å². The molecule has 2 N–H and O–H groups in total. The van der Waals surface area contributed by atoms with E-state index in [-0.39, 0.29) is 11.5 Å². The highest BCUT2D eigenvalue weighted by molar-refractivity contribution is 9.10. The fourth-order valence-corrected chi connectivity index (χ4v) is 3.35. The van der Waals surface area contributed by atoms with Crippen LogP contribution in [-0.4, -0.2) is 33.4 Å². The van der Waals surface area contributed by atoms with Crippen molar-refractivity contribution >= 4 is 45.0 Å². The molecule has 138 valence electrons. The Labute approximate surface area is 168 Å². The van der Waals surface area contributed by atoms with Gasteiger partial charge in [-0.05, 0) is 58.7 Å². The topological polar surface area (TPSA) is 88.9 Å². The van der Waals surface area contributed by atoms with Gasteiger partial charge in [0.05, 0.1) is 15.9 Å². The first-order valence-electron chi connectivity index (χ1n) is 7.90. The first-order chi connectivity index (χ1) is 12.9. The van der Waals surface area contributed by atoms with Crippen molar-refractivity contribution in [3.05, 3.63) is 69.2 Å². The minimum Gasteiger partial charge on any atom is -0.355 e. The lowest BCUT2D eigenvalue weighted by Crippen LogP contribution is -2.23. The Bertz CT molecular complexity index is 1020. The van der Waals surface area contributed by atoms with Gasteiger partial charge >= 0.3 is 0 Å². The molecule has 0 saturated carbocycles. The van der Waals surface area contributed by atoms with Crippen LogP contribution in [0.1, 0.15) is 26.4 Å². The Hall–Kier alpha value is -2.71. The second kappa shape index (κ2) is 7.89. The van der Waals surface area contributed by atoms with Crippen molar-refractivity contribution in [2.75, 3.05) is 12.4 Å². The van der Waals surface area contributed by atoms with Crippen molar-refractivity contribution in [1.29, 1.82) is 0 Å². The summed E-state index contributed by atoms with van der Waals surface area (Å²) < 4.78 is 2.19. The standard InChI is InChI=1S/C18H15BrClN5O2/c1-10-8-11(20)9-12(16(26)21-2)15(10)24-17(27)13-4-5-14(19)25(13)18-22-6-3-7-23-18/h3-9H,1-2H3,(H,21,26)(H,24,27). The monoisotopic (exact) mass is 447 g/mol. The van der Waals surface area contributed by atoms with Crippen molar-refractivity contribution in [1.82, 2.24) is 19.9 Å². The van der Waals surface area contributed by atoms with E-state index >= 15 is 0 Å². The summed E-state index contributed by atoms with van der Waals surface area (Å²) in [7, 11) is 1.51. The maximum Gasteiger partial charge on any atom is 0.272 e. The lowest BCUT2D eigenvalue weighted by Gasteiger charge is -2.15. The van der Waals surface area contributed by atoms with Gasteiger partial charge in [-0.25, -0.2) is 9.97 Å². The molecule has 0 unspecified atom stereocenters. The fraction of sp³-hybridized carbons (Fsp3) is 0.111. The van der Waals surface area contributed by atoms with E-state index in [0.717, 1.165) is 0 Å². The first kappa shape index (κ1) is 19.1. The van der Waals surface area contributed by atoms with E-state index in [4.69, 9.17) is 11.6 Å².